The smallest absolute Gasteiger partial charge is 0.226 e. The maximum atomic E-state index is 14.2. The van der Waals surface area contributed by atoms with E-state index in [9.17, 15) is 14.0 Å². The van der Waals surface area contributed by atoms with Crippen LogP contribution in [-0.4, -0.2) is 32.0 Å². The van der Waals surface area contributed by atoms with Crippen molar-refractivity contribution in [1.29, 1.82) is 0 Å². The quantitative estimate of drug-likeness (QED) is 0.643. The average molecular weight is 417 g/mol. The number of aromatic nitrogens is 4. The molecule has 10 heteroatoms. The Morgan fingerprint density at radius 2 is 1.93 bits per heavy atom. The van der Waals surface area contributed by atoms with Crippen LogP contribution in [0.3, 0.4) is 0 Å². The second kappa shape index (κ2) is 8.78. The Morgan fingerprint density at radius 1 is 1.21 bits per heavy atom. The predicted octanol–water partition coefficient (Wildman–Crippen LogP) is 2.97. The van der Waals surface area contributed by atoms with Crippen molar-refractivity contribution in [3.8, 4) is 5.69 Å². The third kappa shape index (κ3) is 5.14. The van der Waals surface area contributed by atoms with Crippen molar-refractivity contribution < 1.29 is 14.0 Å². The Labute approximate surface area is 171 Å². The molecule has 8 nitrogen and oxygen atoms in total. The van der Waals surface area contributed by atoms with E-state index in [4.69, 9.17) is 11.6 Å². The average Bonchev–Trinajstić information content (AvgIpc) is 3.09. The fourth-order valence-corrected chi connectivity index (χ4v) is 2.92. The van der Waals surface area contributed by atoms with Gasteiger partial charge in [-0.1, -0.05) is 23.7 Å². The van der Waals surface area contributed by atoms with Crippen LogP contribution in [0, 0.1) is 12.7 Å². The lowest BCUT2D eigenvalue weighted by molar-refractivity contribution is -0.120. The molecule has 0 fully saturated rings. The highest BCUT2D eigenvalue weighted by Gasteiger charge is 2.19. The van der Waals surface area contributed by atoms with Crippen LogP contribution in [0.5, 0.6) is 0 Å². The molecule has 150 valence electrons. The monoisotopic (exact) mass is 416 g/mol. The molecule has 2 N–H and O–H groups in total. The van der Waals surface area contributed by atoms with Crippen molar-refractivity contribution >= 4 is 29.1 Å². The van der Waals surface area contributed by atoms with E-state index in [1.165, 1.54) is 29.8 Å². The van der Waals surface area contributed by atoms with Gasteiger partial charge in [0.15, 0.2) is 5.82 Å². The molecule has 29 heavy (non-hydrogen) atoms. The van der Waals surface area contributed by atoms with Gasteiger partial charge in [-0.25, -0.2) is 4.39 Å². The van der Waals surface area contributed by atoms with E-state index in [0.717, 1.165) is 0 Å². The van der Waals surface area contributed by atoms with Crippen molar-refractivity contribution in [2.24, 2.45) is 0 Å². The van der Waals surface area contributed by atoms with Gasteiger partial charge in [0.2, 0.25) is 11.8 Å². The van der Waals surface area contributed by atoms with Crippen LogP contribution in [0.25, 0.3) is 5.69 Å². The second-order valence-electron chi connectivity index (χ2n) is 6.36. The van der Waals surface area contributed by atoms with Crippen molar-refractivity contribution in [2.45, 2.75) is 26.3 Å². The van der Waals surface area contributed by atoms with Gasteiger partial charge in [0.1, 0.15) is 5.82 Å². The topological polar surface area (TPSA) is 102 Å². The second-order valence-corrected chi connectivity index (χ2v) is 6.80. The summed E-state index contributed by atoms with van der Waals surface area (Å²) in [5.74, 6) is -0.846. The van der Waals surface area contributed by atoms with E-state index in [1.807, 2.05) is 0 Å². The molecule has 0 aliphatic carbocycles. The summed E-state index contributed by atoms with van der Waals surface area (Å²) in [5, 5.41) is 17.0. The molecule has 0 radical (unpaired) electrons. The van der Waals surface area contributed by atoms with Crippen LogP contribution < -0.4 is 10.6 Å². The first-order valence-electron chi connectivity index (χ1n) is 8.71. The lowest BCUT2D eigenvalue weighted by Crippen LogP contribution is -2.29. The van der Waals surface area contributed by atoms with E-state index in [2.05, 4.69) is 26.2 Å². The number of tetrazole rings is 1. The van der Waals surface area contributed by atoms with E-state index >= 15 is 0 Å². The van der Waals surface area contributed by atoms with Crippen LogP contribution in [0.2, 0.25) is 5.02 Å². The standard InChI is InChI=1S/C19H18ClFN6O2/c1-11-24-25-26-27(11)15-7-8-16(21)18(9-15)23-19(29)10-17(22-12(2)28)13-3-5-14(20)6-4-13/h3-9,17H,10H2,1-2H3,(H,22,28)(H,23,29). The molecule has 1 atom stereocenters. The fourth-order valence-electron chi connectivity index (χ4n) is 2.79. The molecule has 1 aromatic heterocycles. The molecule has 0 saturated heterocycles. The van der Waals surface area contributed by atoms with Crippen molar-refractivity contribution in [1.82, 2.24) is 25.5 Å². The number of hydrogen-bond donors (Lipinski definition) is 2. The number of halogens is 2. The number of nitrogens with zero attached hydrogens (tertiary/aromatic N) is 4. The van der Waals surface area contributed by atoms with Gasteiger partial charge in [0.05, 0.1) is 23.8 Å². The van der Waals surface area contributed by atoms with Crippen LogP contribution >= 0.6 is 11.6 Å². The van der Waals surface area contributed by atoms with E-state index in [0.29, 0.717) is 22.1 Å². The maximum Gasteiger partial charge on any atom is 0.226 e. The molecule has 3 aromatic rings. The molecule has 3 rings (SSSR count). The number of benzene rings is 2. The molecule has 0 saturated carbocycles. The van der Waals surface area contributed by atoms with Crippen LogP contribution in [0.4, 0.5) is 10.1 Å². The summed E-state index contributed by atoms with van der Waals surface area (Å²) in [6.07, 6.45) is -0.0885. The number of rotatable bonds is 6. The van der Waals surface area contributed by atoms with Crippen LogP contribution in [-0.2, 0) is 9.59 Å². The summed E-state index contributed by atoms with van der Waals surface area (Å²) in [7, 11) is 0. The minimum absolute atomic E-state index is 0.0138. The zero-order valence-electron chi connectivity index (χ0n) is 15.7. The number of carbonyl (C=O) groups excluding carboxylic acids is 2. The van der Waals surface area contributed by atoms with E-state index < -0.39 is 17.8 Å². The molecule has 1 unspecified atom stereocenters. The highest BCUT2D eigenvalue weighted by molar-refractivity contribution is 6.30. The maximum absolute atomic E-state index is 14.2. The molecule has 1 heterocycles. The Kier molecular flexibility index (Phi) is 6.18. The summed E-state index contributed by atoms with van der Waals surface area (Å²) < 4.78 is 15.6. The summed E-state index contributed by atoms with van der Waals surface area (Å²) in [6, 6.07) is 10.3. The zero-order chi connectivity index (χ0) is 21.0. The van der Waals surface area contributed by atoms with Gasteiger partial charge < -0.3 is 10.6 Å². The summed E-state index contributed by atoms with van der Waals surface area (Å²) >= 11 is 5.90. The van der Waals surface area contributed by atoms with Gasteiger partial charge in [0, 0.05) is 11.9 Å². The number of hydrogen-bond acceptors (Lipinski definition) is 5. The molecule has 0 spiro atoms. The number of carbonyl (C=O) groups is 2. The lowest BCUT2D eigenvalue weighted by atomic mass is 10.0. The van der Waals surface area contributed by atoms with Gasteiger partial charge in [0.25, 0.3) is 0 Å². The first-order valence-corrected chi connectivity index (χ1v) is 9.08. The van der Waals surface area contributed by atoms with Crippen molar-refractivity contribution in [2.75, 3.05) is 5.32 Å². The summed E-state index contributed by atoms with van der Waals surface area (Å²) in [5.41, 5.74) is 1.19. The van der Waals surface area contributed by atoms with Gasteiger partial charge >= 0.3 is 0 Å². The van der Waals surface area contributed by atoms with Gasteiger partial charge in [-0.15, -0.1) is 5.10 Å². The molecule has 2 amide bonds. The van der Waals surface area contributed by atoms with Crippen molar-refractivity contribution in [3.63, 3.8) is 0 Å². The zero-order valence-corrected chi connectivity index (χ0v) is 16.4. The Morgan fingerprint density at radius 3 is 2.55 bits per heavy atom. The fraction of sp³-hybridized carbons (Fsp3) is 0.211. The SMILES string of the molecule is CC(=O)NC(CC(=O)Nc1cc(-n2nnnc2C)ccc1F)c1ccc(Cl)cc1. The first kappa shape index (κ1) is 20.4. The predicted molar refractivity (Wildman–Crippen MR) is 105 cm³/mol. The minimum Gasteiger partial charge on any atom is -0.349 e. The largest absolute Gasteiger partial charge is 0.349 e. The molecule has 2 aromatic carbocycles. The third-order valence-corrected chi connectivity index (χ3v) is 4.39. The third-order valence-electron chi connectivity index (χ3n) is 4.13. The first-order chi connectivity index (χ1) is 13.8. The molecular formula is C19H18ClFN6O2. The summed E-state index contributed by atoms with van der Waals surface area (Å²) in [4.78, 5) is 24.1. The summed E-state index contributed by atoms with van der Waals surface area (Å²) in [6.45, 7) is 3.06. The number of aryl methyl sites for hydroxylation is 1. The van der Waals surface area contributed by atoms with Gasteiger partial charge in [-0.05, 0) is 53.2 Å². The number of amides is 2. The number of anilines is 1. The van der Waals surface area contributed by atoms with Gasteiger partial charge in [-0.3, -0.25) is 9.59 Å². The highest BCUT2D eigenvalue weighted by atomic mass is 35.5. The normalized spacial score (nSPS) is 11.7. The van der Waals surface area contributed by atoms with Gasteiger partial charge in [-0.2, -0.15) is 4.68 Å². The Hall–Kier alpha value is -3.33. The molecule has 0 aliphatic heterocycles. The molecular weight excluding hydrogens is 399 g/mol. The minimum atomic E-state index is -0.601. The van der Waals surface area contributed by atoms with E-state index in [-0.39, 0.29) is 18.0 Å². The molecule has 0 bridgehead atoms. The van der Waals surface area contributed by atoms with Crippen LogP contribution in [0.15, 0.2) is 42.5 Å². The Balaban J connectivity index is 1.78. The Bertz CT molecular complexity index is 1040. The number of nitrogens with one attached hydrogen (secondary N) is 2. The molecule has 0 aliphatic rings. The van der Waals surface area contributed by atoms with Crippen molar-refractivity contribution in [3.05, 3.63) is 64.7 Å². The lowest BCUT2D eigenvalue weighted by Gasteiger charge is -2.18. The van der Waals surface area contributed by atoms with E-state index in [1.54, 1.807) is 31.2 Å². The highest BCUT2D eigenvalue weighted by Crippen LogP contribution is 2.23. The van der Waals surface area contributed by atoms with Crippen LogP contribution in [0.1, 0.15) is 30.8 Å².